The fraction of sp³-hybridized carbons (Fsp3) is 0.700. The Morgan fingerprint density at radius 1 is 1.69 bits per heavy atom. The highest BCUT2D eigenvalue weighted by atomic mass is 16.5. The van der Waals surface area contributed by atoms with E-state index in [1.807, 2.05) is 13.1 Å². The van der Waals surface area contributed by atoms with Crippen molar-refractivity contribution in [3.63, 3.8) is 0 Å². The van der Waals surface area contributed by atoms with Gasteiger partial charge in [0.05, 0.1) is 6.61 Å². The standard InChI is InChI=1S/C10H17NO2/c1-11-7-4-5-9(12)10-6-2-3-8-13-10/h6,11H,2-5,7-8H2,1H3. The van der Waals surface area contributed by atoms with Gasteiger partial charge < -0.3 is 10.1 Å². The number of Topliss-reactive ketones (excluding diaryl/α,β-unsaturated/α-hetero) is 1. The fourth-order valence-corrected chi connectivity index (χ4v) is 1.30. The molecule has 0 aliphatic carbocycles. The zero-order valence-corrected chi connectivity index (χ0v) is 8.14. The second kappa shape index (κ2) is 5.75. The summed E-state index contributed by atoms with van der Waals surface area (Å²) in [5.74, 6) is 0.734. The quantitative estimate of drug-likeness (QED) is 0.652. The maximum atomic E-state index is 11.5. The molecular weight excluding hydrogens is 166 g/mol. The maximum absolute atomic E-state index is 11.5. The van der Waals surface area contributed by atoms with E-state index in [9.17, 15) is 4.79 Å². The lowest BCUT2D eigenvalue weighted by molar-refractivity contribution is -0.119. The van der Waals surface area contributed by atoms with E-state index in [2.05, 4.69) is 5.32 Å². The highest BCUT2D eigenvalue weighted by Crippen LogP contribution is 2.12. The van der Waals surface area contributed by atoms with Crippen molar-refractivity contribution in [3.8, 4) is 0 Å². The normalized spacial score (nSPS) is 16.2. The molecule has 1 rings (SSSR count). The van der Waals surface area contributed by atoms with Crippen molar-refractivity contribution in [2.45, 2.75) is 25.7 Å². The smallest absolute Gasteiger partial charge is 0.197 e. The van der Waals surface area contributed by atoms with Gasteiger partial charge in [0.1, 0.15) is 0 Å². The van der Waals surface area contributed by atoms with Gasteiger partial charge in [0.25, 0.3) is 0 Å². The van der Waals surface area contributed by atoms with Crippen LogP contribution < -0.4 is 5.32 Å². The van der Waals surface area contributed by atoms with Gasteiger partial charge in [0.2, 0.25) is 0 Å². The molecule has 74 valence electrons. The number of ketones is 1. The molecule has 0 bridgehead atoms. The Morgan fingerprint density at radius 3 is 3.15 bits per heavy atom. The third kappa shape index (κ3) is 3.59. The topological polar surface area (TPSA) is 38.3 Å². The molecule has 0 radical (unpaired) electrons. The lowest BCUT2D eigenvalue weighted by Crippen LogP contribution is -2.14. The van der Waals surface area contributed by atoms with E-state index in [4.69, 9.17) is 4.74 Å². The molecule has 0 aromatic rings. The van der Waals surface area contributed by atoms with E-state index in [1.165, 1.54) is 0 Å². The third-order valence-electron chi connectivity index (χ3n) is 2.04. The lowest BCUT2D eigenvalue weighted by atomic mass is 10.1. The summed E-state index contributed by atoms with van der Waals surface area (Å²) in [6.45, 7) is 1.59. The molecule has 3 nitrogen and oxygen atoms in total. The van der Waals surface area contributed by atoms with E-state index in [0.717, 1.165) is 25.8 Å². The number of hydrogen-bond acceptors (Lipinski definition) is 3. The van der Waals surface area contributed by atoms with Gasteiger partial charge in [0, 0.05) is 6.42 Å². The molecule has 0 amide bonds. The summed E-state index contributed by atoms with van der Waals surface area (Å²) in [5, 5.41) is 3.01. The molecule has 0 atom stereocenters. The summed E-state index contributed by atoms with van der Waals surface area (Å²) >= 11 is 0. The van der Waals surface area contributed by atoms with Crippen LogP contribution in [0.4, 0.5) is 0 Å². The van der Waals surface area contributed by atoms with Crippen molar-refractivity contribution in [1.82, 2.24) is 5.32 Å². The minimum Gasteiger partial charge on any atom is -0.490 e. The van der Waals surface area contributed by atoms with Crippen LogP contribution in [0.1, 0.15) is 25.7 Å². The highest BCUT2D eigenvalue weighted by Gasteiger charge is 2.12. The summed E-state index contributed by atoms with van der Waals surface area (Å²) in [5.41, 5.74) is 0. The van der Waals surface area contributed by atoms with Crippen molar-refractivity contribution in [3.05, 3.63) is 11.8 Å². The number of nitrogens with one attached hydrogen (secondary N) is 1. The first-order valence-electron chi connectivity index (χ1n) is 4.85. The molecule has 0 aromatic heterocycles. The van der Waals surface area contributed by atoms with E-state index in [1.54, 1.807) is 0 Å². The summed E-state index contributed by atoms with van der Waals surface area (Å²) in [7, 11) is 1.89. The first-order valence-corrected chi connectivity index (χ1v) is 4.85. The van der Waals surface area contributed by atoms with Crippen LogP contribution in [0, 0.1) is 0 Å². The maximum Gasteiger partial charge on any atom is 0.197 e. The van der Waals surface area contributed by atoms with E-state index in [-0.39, 0.29) is 5.78 Å². The molecule has 0 unspecified atom stereocenters. The van der Waals surface area contributed by atoms with Crippen molar-refractivity contribution >= 4 is 5.78 Å². The molecule has 1 aliphatic heterocycles. The van der Waals surface area contributed by atoms with Gasteiger partial charge in [-0.1, -0.05) is 0 Å². The fourth-order valence-electron chi connectivity index (χ4n) is 1.30. The minimum atomic E-state index is 0.148. The van der Waals surface area contributed by atoms with Crippen molar-refractivity contribution < 1.29 is 9.53 Å². The van der Waals surface area contributed by atoms with E-state index < -0.39 is 0 Å². The van der Waals surface area contributed by atoms with Gasteiger partial charge in [-0.05, 0) is 38.9 Å². The van der Waals surface area contributed by atoms with Crippen LogP contribution in [0.2, 0.25) is 0 Å². The molecule has 0 spiro atoms. The molecule has 1 heterocycles. The average Bonchev–Trinajstić information content (AvgIpc) is 2.19. The number of ether oxygens (including phenoxy) is 1. The first kappa shape index (κ1) is 10.3. The summed E-state index contributed by atoms with van der Waals surface area (Å²) in [6, 6.07) is 0. The summed E-state index contributed by atoms with van der Waals surface area (Å²) < 4.78 is 5.26. The number of rotatable bonds is 5. The molecular formula is C10H17NO2. The van der Waals surface area contributed by atoms with Crippen molar-refractivity contribution in [2.24, 2.45) is 0 Å². The van der Waals surface area contributed by atoms with Crippen LogP contribution in [0.25, 0.3) is 0 Å². The predicted molar refractivity (Wildman–Crippen MR) is 51.4 cm³/mol. The van der Waals surface area contributed by atoms with Gasteiger partial charge in [0.15, 0.2) is 11.5 Å². The molecule has 1 N–H and O–H groups in total. The number of allylic oxidation sites excluding steroid dienone is 2. The van der Waals surface area contributed by atoms with Crippen LogP contribution in [0.3, 0.4) is 0 Å². The number of hydrogen-bond donors (Lipinski definition) is 1. The summed E-state index contributed by atoms with van der Waals surface area (Å²) in [6.07, 6.45) is 5.40. The Balaban J connectivity index is 2.25. The van der Waals surface area contributed by atoms with Crippen LogP contribution in [0.5, 0.6) is 0 Å². The second-order valence-corrected chi connectivity index (χ2v) is 3.19. The Kier molecular flexibility index (Phi) is 4.54. The van der Waals surface area contributed by atoms with Crippen LogP contribution in [-0.4, -0.2) is 26.0 Å². The number of carbonyl (C=O) groups is 1. The van der Waals surface area contributed by atoms with Gasteiger partial charge >= 0.3 is 0 Å². The molecule has 0 aromatic carbocycles. The molecule has 13 heavy (non-hydrogen) atoms. The zero-order valence-electron chi connectivity index (χ0n) is 8.14. The molecule has 0 fully saturated rings. The Labute approximate surface area is 79.2 Å². The molecule has 0 saturated carbocycles. The third-order valence-corrected chi connectivity index (χ3v) is 2.04. The molecule has 1 aliphatic rings. The lowest BCUT2D eigenvalue weighted by Gasteiger charge is -2.13. The largest absolute Gasteiger partial charge is 0.490 e. The van der Waals surface area contributed by atoms with Gasteiger partial charge in [-0.15, -0.1) is 0 Å². The van der Waals surface area contributed by atoms with Gasteiger partial charge in [-0.25, -0.2) is 0 Å². The molecule has 3 heteroatoms. The van der Waals surface area contributed by atoms with Crippen molar-refractivity contribution in [2.75, 3.05) is 20.2 Å². The Morgan fingerprint density at radius 2 is 2.54 bits per heavy atom. The van der Waals surface area contributed by atoms with E-state index >= 15 is 0 Å². The van der Waals surface area contributed by atoms with Crippen LogP contribution in [0.15, 0.2) is 11.8 Å². The zero-order chi connectivity index (χ0) is 9.52. The van der Waals surface area contributed by atoms with Gasteiger partial charge in [-0.3, -0.25) is 4.79 Å². The summed E-state index contributed by atoms with van der Waals surface area (Å²) in [4.78, 5) is 11.5. The molecule has 0 saturated heterocycles. The minimum absolute atomic E-state index is 0.148. The predicted octanol–water partition coefficient (Wildman–Crippen LogP) is 1.25. The van der Waals surface area contributed by atoms with Crippen molar-refractivity contribution in [1.29, 1.82) is 0 Å². The van der Waals surface area contributed by atoms with Gasteiger partial charge in [-0.2, -0.15) is 0 Å². The second-order valence-electron chi connectivity index (χ2n) is 3.19. The number of carbonyl (C=O) groups excluding carboxylic acids is 1. The highest BCUT2D eigenvalue weighted by molar-refractivity contribution is 5.93. The average molecular weight is 183 g/mol. The van der Waals surface area contributed by atoms with Crippen LogP contribution in [-0.2, 0) is 9.53 Å². The SMILES string of the molecule is CNCCCC(=O)C1=CCCCO1. The Bertz CT molecular complexity index is 199. The Hall–Kier alpha value is -0.830. The van der Waals surface area contributed by atoms with Crippen LogP contribution >= 0.6 is 0 Å². The monoisotopic (exact) mass is 183 g/mol. The van der Waals surface area contributed by atoms with E-state index in [0.29, 0.717) is 18.8 Å². The first-order chi connectivity index (χ1) is 6.34.